The lowest BCUT2D eigenvalue weighted by atomic mass is 9.63. The summed E-state index contributed by atoms with van der Waals surface area (Å²) in [6.45, 7) is 6.28. The van der Waals surface area contributed by atoms with Crippen LogP contribution in [0.3, 0.4) is 0 Å². The normalized spacial score (nSPS) is 29.0. The molecule has 0 unspecified atom stereocenters. The Morgan fingerprint density at radius 1 is 1.33 bits per heavy atom. The number of ketones is 1. The van der Waals surface area contributed by atoms with Crippen LogP contribution in [-0.2, 0) is 0 Å². The highest BCUT2D eigenvalue weighted by atomic mass is 19.1. The second kappa shape index (κ2) is 3.66. The van der Waals surface area contributed by atoms with Crippen molar-refractivity contribution in [2.45, 2.75) is 46.0 Å². The zero-order valence-corrected chi connectivity index (χ0v) is 11.2. The van der Waals surface area contributed by atoms with Crippen LogP contribution in [0.5, 0.6) is 0 Å². The van der Waals surface area contributed by atoms with Crippen molar-refractivity contribution < 1.29 is 9.18 Å². The Bertz CT molecular complexity index is 530. The first kappa shape index (κ1) is 11.9. The van der Waals surface area contributed by atoms with Crippen molar-refractivity contribution in [3.8, 4) is 0 Å². The van der Waals surface area contributed by atoms with Gasteiger partial charge < -0.3 is 0 Å². The van der Waals surface area contributed by atoms with Crippen molar-refractivity contribution in [1.82, 2.24) is 0 Å². The standard InChI is InChI=1S/C16H19FO/c1-9-7-10(17)8-12-13(9)15(18)11-5-4-6-16(2,3)14(11)12/h7-8,11,14H,4-6H2,1-3H3/t11-,14+/m0/s1. The Labute approximate surface area is 107 Å². The van der Waals surface area contributed by atoms with Crippen LogP contribution in [0.4, 0.5) is 4.39 Å². The van der Waals surface area contributed by atoms with Crippen molar-refractivity contribution in [2.24, 2.45) is 11.3 Å². The van der Waals surface area contributed by atoms with Gasteiger partial charge in [0.2, 0.25) is 0 Å². The predicted octanol–water partition coefficient (Wildman–Crippen LogP) is 4.24. The summed E-state index contributed by atoms with van der Waals surface area (Å²) in [4.78, 5) is 12.5. The van der Waals surface area contributed by atoms with Gasteiger partial charge in [0.15, 0.2) is 5.78 Å². The van der Waals surface area contributed by atoms with Gasteiger partial charge >= 0.3 is 0 Å². The molecule has 1 fully saturated rings. The smallest absolute Gasteiger partial charge is 0.167 e. The highest BCUT2D eigenvalue weighted by Gasteiger charge is 2.49. The molecule has 0 spiro atoms. The third-order valence-electron chi connectivity index (χ3n) is 4.83. The number of hydrogen-bond acceptors (Lipinski definition) is 1. The number of rotatable bonds is 0. The number of Topliss-reactive ketones (excluding diaryl/α,β-unsaturated/α-hetero) is 1. The largest absolute Gasteiger partial charge is 0.294 e. The topological polar surface area (TPSA) is 17.1 Å². The summed E-state index contributed by atoms with van der Waals surface area (Å²) in [5, 5.41) is 0. The minimum atomic E-state index is -0.207. The number of hydrogen-bond donors (Lipinski definition) is 0. The third-order valence-corrected chi connectivity index (χ3v) is 4.83. The minimum Gasteiger partial charge on any atom is -0.294 e. The van der Waals surface area contributed by atoms with Crippen LogP contribution in [0.2, 0.25) is 0 Å². The van der Waals surface area contributed by atoms with Crippen LogP contribution in [0.15, 0.2) is 12.1 Å². The number of fused-ring (bicyclic) bond motifs is 3. The van der Waals surface area contributed by atoms with Gasteiger partial charge in [0.25, 0.3) is 0 Å². The number of carbonyl (C=O) groups excluding carboxylic acids is 1. The molecule has 18 heavy (non-hydrogen) atoms. The quantitative estimate of drug-likeness (QED) is 0.669. The van der Waals surface area contributed by atoms with Crippen LogP contribution in [0, 0.1) is 24.1 Å². The van der Waals surface area contributed by atoms with Gasteiger partial charge in [-0.3, -0.25) is 4.79 Å². The Morgan fingerprint density at radius 3 is 2.78 bits per heavy atom. The predicted molar refractivity (Wildman–Crippen MR) is 69.3 cm³/mol. The van der Waals surface area contributed by atoms with E-state index in [2.05, 4.69) is 13.8 Å². The number of benzene rings is 1. The molecule has 2 aliphatic carbocycles. The monoisotopic (exact) mass is 246 g/mol. The fraction of sp³-hybridized carbons (Fsp3) is 0.562. The molecule has 0 aromatic heterocycles. The van der Waals surface area contributed by atoms with Crippen molar-refractivity contribution in [3.05, 3.63) is 34.6 Å². The van der Waals surface area contributed by atoms with E-state index in [0.717, 1.165) is 36.0 Å². The molecule has 2 atom stereocenters. The molecule has 2 heteroatoms. The molecular weight excluding hydrogens is 227 g/mol. The van der Waals surface area contributed by atoms with E-state index < -0.39 is 0 Å². The molecule has 1 saturated carbocycles. The molecule has 3 rings (SSSR count). The number of carbonyl (C=O) groups is 1. The summed E-state index contributed by atoms with van der Waals surface area (Å²) in [6.07, 6.45) is 3.19. The van der Waals surface area contributed by atoms with E-state index in [9.17, 15) is 9.18 Å². The van der Waals surface area contributed by atoms with Gasteiger partial charge in [-0.15, -0.1) is 0 Å². The molecule has 96 valence electrons. The molecule has 0 saturated heterocycles. The van der Waals surface area contributed by atoms with Crippen molar-refractivity contribution in [1.29, 1.82) is 0 Å². The summed E-state index contributed by atoms with van der Waals surface area (Å²) in [6, 6.07) is 3.08. The van der Waals surface area contributed by atoms with Gasteiger partial charge in [-0.25, -0.2) is 4.39 Å². The second-order valence-corrected chi connectivity index (χ2v) is 6.52. The summed E-state index contributed by atoms with van der Waals surface area (Å²) >= 11 is 0. The zero-order chi connectivity index (χ0) is 13.1. The second-order valence-electron chi connectivity index (χ2n) is 6.52. The van der Waals surface area contributed by atoms with E-state index in [1.807, 2.05) is 6.92 Å². The minimum absolute atomic E-state index is 0.0873. The van der Waals surface area contributed by atoms with Gasteiger partial charge in [-0.1, -0.05) is 20.3 Å². The maximum Gasteiger partial charge on any atom is 0.167 e. The highest BCUT2D eigenvalue weighted by Crippen LogP contribution is 2.56. The van der Waals surface area contributed by atoms with E-state index in [0.29, 0.717) is 0 Å². The first-order valence-electron chi connectivity index (χ1n) is 6.76. The van der Waals surface area contributed by atoms with Gasteiger partial charge in [0, 0.05) is 11.5 Å². The van der Waals surface area contributed by atoms with E-state index in [1.165, 1.54) is 6.07 Å². The Balaban J connectivity index is 2.23. The summed E-state index contributed by atoms with van der Waals surface area (Å²) in [7, 11) is 0. The fourth-order valence-corrected chi connectivity index (χ4v) is 4.10. The van der Waals surface area contributed by atoms with Crippen molar-refractivity contribution >= 4 is 5.78 Å². The van der Waals surface area contributed by atoms with E-state index in [1.54, 1.807) is 6.07 Å². The van der Waals surface area contributed by atoms with Crippen LogP contribution < -0.4 is 0 Å². The molecule has 1 aromatic carbocycles. The lowest BCUT2D eigenvalue weighted by molar-refractivity contribution is 0.0794. The van der Waals surface area contributed by atoms with Crippen LogP contribution in [0.1, 0.15) is 60.5 Å². The molecule has 0 bridgehead atoms. The summed E-state index contributed by atoms with van der Waals surface area (Å²) in [5.74, 6) is 0.341. The molecule has 0 amide bonds. The lowest BCUT2D eigenvalue weighted by Crippen LogP contribution is -2.32. The SMILES string of the molecule is Cc1cc(F)cc2c1C(=O)[C@H]1CCCC(C)(C)[C@@H]21. The summed E-state index contributed by atoms with van der Waals surface area (Å²) in [5.41, 5.74) is 2.68. The number of halogens is 1. The fourth-order valence-electron chi connectivity index (χ4n) is 4.10. The molecule has 0 aliphatic heterocycles. The highest BCUT2D eigenvalue weighted by molar-refractivity contribution is 6.04. The Morgan fingerprint density at radius 2 is 2.06 bits per heavy atom. The van der Waals surface area contributed by atoms with Crippen molar-refractivity contribution in [2.75, 3.05) is 0 Å². The molecule has 0 heterocycles. The summed E-state index contributed by atoms with van der Waals surface area (Å²) < 4.78 is 13.6. The van der Waals surface area contributed by atoms with Crippen LogP contribution in [0.25, 0.3) is 0 Å². The molecular formula is C16H19FO. The van der Waals surface area contributed by atoms with E-state index in [4.69, 9.17) is 0 Å². The van der Waals surface area contributed by atoms with E-state index >= 15 is 0 Å². The molecule has 1 nitrogen and oxygen atoms in total. The van der Waals surface area contributed by atoms with Crippen LogP contribution >= 0.6 is 0 Å². The Hall–Kier alpha value is -1.18. The van der Waals surface area contributed by atoms with Gasteiger partial charge in [-0.2, -0.15) is 0 Å². The third kappa shape index (κ3) is 1.47. The lowest BCUT2D eigenvalue weighted by Gasteiger charge is -2.40. The zero-order valence-electron chi connectivity index (χ0n) is 11.2. The Kier molecular flexibility index (Phi) is 2.42. The molecule has 1 aromatic rings. The maximum atomic E-state index is 13.6. The maximum absolute atomic E-state index is 13.6. The molecule has 0 radical (unpaired) electrons. The van der Waals surface area contributed by atoms with Crippen molar-refractivity contribution in [3.63, 3.8) is 0 Å². The van der Waals surface area contributed by atoms with Gasteiger partial charge in [0.05, 0.1) is 0 Å². The molecule has 0 N–H and O–H groups in total. The van der Waals surface area contributed by atoms with Gasteiger partial charge in [0.1, 0.15) is 5.82 Å². The first-order valence-corrected chi connectivity index (χ1v) is 6.76. The average Bonchev–Trinajstić information content (AvgIpc) is 2.53. The van der Waals surface area contributed by atoms with Crippen LogP contribution in [-0.4, -0.2) is 5.78 Å². The van der Waals surface area contributed by atoms with E-state index in [-0.39, 0.29) is 28.9 Å². The average molecular weight is 246 g/mol. The molecule has 2 aliphatic rings. The number of aryl methyl sites for hydroxylation is 1. The first-order chi connectivity index (χ1) is 8.42. The van der Waals surface area contributed by atoms with Gasteiger partial charge in [-0.05, 0) is 54.4 Å².